The van der Waals surface area contributed by atoms with Crippen LogP contribution in [0, 0.1) is 5.92 Å². The highest BCUT2D eigenvalue weighted by molar-refractivity contribution is 4.63. The Hall–Kier alpha value is -0.0800. The SMILES string of the molecule is CCCC[C@H](O)[C@H](C)CCO. The molecule has 68 valence electrons. The van der Waals surface area contributed by atoms with Crippen LogP contribution in [0.4, 0.5) is 0 Å². The molecule has 0 heterocycles. The highest BCUT2D eigenvalue weighted by Gasteiger charge is 2.11. The van der Waals surface area contributed by atoms with Gasteiger partial charge in [-0.3, -0.25) is 0 Å². The number of hydrogen-bond donors (Lipinski definition) is 2. The zero-order valence-electron chi connectivity index (χ0n) is 7.58. The fraction of sp³-hybridized carbons (Fsp3) is 1.00. The van der Waals surface area contributed by atoms with Crippen LogP contribution in [0.2, 0.25) is 0 Å². The minimum absolute atomic E-state index is 0.185. The van der Waals surface area contributed by atoms with Crippen LogP contribution in [-0.4, -0.2) is 22.9 Å². The first kappa shape index (κ1) is 10.9. The predicted octanol–water partition coefficient (Wildman–Crippen LogP) is 1.56. The van der Waals surface area contributed by atoms with Gasteiger partial charge in [0.05, 0.1) is 6.10 Å². The molecule has 0 saturated carbocycles. The normalized spacial score (nSPS) is 16.4. The summed E-state index contributed by atoms with van der Waals surface area (Å²) in [5.74, 6) is 0.242. The average Bonchev–Trinajstić information content (AvgIpc) is 2.00. The van der Waals surface area contributed by atoms with Crippen LogP contribution >= 0.6 is 0 Å². The smallest absolute Gasteiger partial charge is 0.0566 e. The van der Waals surface area contributed by atoms with Crippen LogP contribution in [0.5, 0.6) is 0 Å². The maximum absolute atomic E-state index is 9.47. The van der Waals surface area contributed by atoms with E-state index in [9.17, 15) is 5.11 Å². The lowest BCUT2D eigenvalue weighted by molar-refractivity contribution is 0.0889. The van der Waals surface area contributed by atoms with E-state index < -0.39 is 0 Å². The second-order valence-corrected chi connectivity index (χ2v) is 3.20. The molecule has 0 fully saturated rings. The van der Waals surface area contributed by atoms with E-state index in [0.29, 0.717) is 6.42 Å². The molecule has 0 aromatic carbocycles. The van der Waals surface area contributed by atoms with Gasteiger partial charge in [0.25, 0.3) is 0 Å². The number of rotatable bonds is 6. The fourth-order valence-electron chi connectivity index (χ4n) is 1.09. The predicted molar refractivity (Wildman–Crippen MR) is 46.4 cm³/mol. The quantitative estimate of drug-likeness (QED) is 0.619. The Bertz CT molecular complexity index is 83.6. The molecule has 0 aliphatic carbocycles. The van der Waals surface area contributed by atoms with Crippen molar-refractivity contribution >= 4 is 0 Å². The summed E-state index contributed by atoms with van der Waals surface area (Å²) in [6.07, 6.45) is 3.57. The van der Waals surface area contributed by atoms with Crippen molar-refractivity contribution in [1.82, 2.24) is 0 Å². The Morgan fingerprint density at radius 3 is 2.36 bits per heavy atom. The van der Waals surface area contributed by atoms with Crippen molar-refractivity contribution in [3.05, 3.63) is 0 Å². The van der Waals surface area contributed by atoms with Gasteiger partial charge in [-0.25, -0.2) is 0 Å². The van der Waals surface area contributed by atoms with Crippen molar-refractivity contribution in [2.75, 3.05) is 6.61 Å². The summed E-state index contributed by atoms with van der Waals surface area (Å²) in [7, 11) is 0. The molecular formula is C9H20O2. The molecular weight excluding hydrogens is 140 g/mol. The Balaban J connectivity index is 3.38. The first-order valence-corrected chi connectivity index (χ1v) is 4.51. The Morgan fingerprint density at radius 2 is 1.91 bits per heavy atom. The van der Waals surface area contributed by atoms with Crippen molar-refractivity contribution in [2.45, 2.75) is 45.6 Å². The van der Waals surface area contributed by atoms with Gasteiger partial charge >= 0.3 is 0 Å². The first-order chi connectivity index (χ1) is 5.22. The summed E-state index contributed by atoms with van der Waals surface area (Å²) < 4.78 is 0. The number of aliphatic hydroxyl groups is 2. The van der Waals surface area contributed by atoms with Crippen LogP contribution in [-0.2, 0) is 0 Å². The molecule has 11 heavy (non-hydrogen) atoms. The van der Waals surface area contributed by atoms with E-state index in [0.717, 1.165) is 19.3 Å². The van der Waals surface area contributed by atoms with Gasteiger partial charge < -0.3 is 10.2 Å². The highest BCUT2D eigenvalue weighted by Crippen LogP contribution is 2.13. The largest absolute Gasteiger partial charge is 0.396 e. The van der Waals surface area contributed by atoms with Crippen LogP contribution < -0.4 is 0 Å². The third-order valence-electron chi connectivity index (χ3n) is 2.09. The molecule has 0 rings (SSSR count). The molecule has 0 unspecified atom stereocenters. The van der Waals surface area contributed by atoms with Crippen molar-refractivity contribution in [3.63, 3.8) is 0 Å². The number of hydrogen-bond acceptors (Lipinski definition) is 2. The van der Waals surface area contributed by atoms with Gasteiger partial charge in [0.1, 0.15) is 0 Å². The maximum atomic E-state index is 9.47. The van der Waals surface area contributed by atoms with Gasteiger partial charge in [0, 0.05) is 6.61 Å². The Kier molecular flexibility index (Phi) is 6.57. The molecule has 0 aliphatic heterocycles. The molecule has 0 aliphatic rings. The van der Waals surface area contributed by atoms with E-state index >= 15 is 0 Å². The number of aliphatic hydroxyl groups excluding tert-OH is 2. The van der Waals surface area contributed by atoms with Gasteiger partial charge in [-0.2, -0.15) is 0 Å². The van der Waals surface area contributed by atoms with E-state index in [1.165, 1.54) is 0 Å². The molecule has 0 bridgehead atoms. The van der Waals surface area contributed by atoms with Gasteiger partial charge in [-0.1, -0.05) is 26.7 Å². The Morgan fingerprint density at radius 1 is 1.27 bits per heavy atom. The highest BCUT2D eigenvalue weighted by atomic mass is 16.3. The fourth-order valence-corrected chi connectivity index (χ4v) is 1.09. The van der Waals surface area contributed by atoms with Crippen molar-refractivity contribution in [1.29, 1.82) is 0 Å². The monoisotopic (exact) mass is 160 g/mol. The second kappa shape index (κ2) is 6.62. The average molecular weight is 160 g/mol. The molecule has 0 radical (unpaired) electrons. The third kappa shape index (κ3) is 5.22. The lowest BCUT2D eigenvalue weighted by Crippen LogP contribution is -2.18. The molecule has 0 aromatic rings. The molecule has 2 heteroatoms. The maximum Gasteiger partial charge on any atom is 0.0566 e. The van der Waals surface area contributed by atoms with E-state index in [1.54, 1.807) is 0 Å². The summed E-state index contributed by atoms with van der Waals surface area (Å²) in [5.41, 5.74) is 0. The topological polar surface area (TPSA) is 40.5 Å². The van der Waals surface area contributed by atoms with E-state index in [-0.39, 0.29) is 18.6 Å². The summed E-state index contributed by atoms with van der Waals surface area (Å²) in [6.45, 7) is 4.28. The van der Waals surface area contributed by atoms with Crippen LogP contribution in [0.25, 0.3) is 0 Å². The molecule has 0 saturated heterocycles. The summed E-state index contributed by atoms with van der Waals surface area (Å²) in [6, 6.07) is 0. The second-order valence-electron chi connectivity index (χ2n) is 3.20. The summed E-state index contributed by atoms with van der Waals surface area (Å²) in [5, 5.41) is 18.1. The van der Waals surface area contributed by atoms with Gasteiger partial charge in [-0.05, 0) is 18.8 Å². The van der Waals surface area contributed by atoms with Crippen LogP contribution in [0.3, 0.4) is 0 Å². The van der Waals surface area contributed by atoms with Crippen LogP contribution in [0.15, 0.2) is 0 Å². The van der Waals surface area contributed by atoms with E-state index in [1.807, 2.05) is 6.92 Å². The standard InChI is InChI=1S/C9H20O2/c1-3-4-5-9(11)8(2)6-7-10/h8-11H,3-7H2,1-2H3/t8-,9+/m1/s1. The van der Waals surface area contributed by atoms with Crippen molar-refractivity contribution in [2.24, 2.45) is 5.92 Å². The number of unbranched alkanes of at least 4 members (excludes halogenated alkanes) is 1. The van der Waals surface area contributed by atoms with Gasteiger partial charge in [0.15, 0.2) is 0 Å². The van der Waals surface area contributed by atoms with Crippen molar-refractivity contribution in [3.8, 4) is 0 Å². The molecule has 2 N–H and O–H groups in total. The summed E-state index contributed by atoms with van der Waals surface area (Å²) in [4.78, 5) is 0. The zero-order valence-corrected chi connectivity index (χ0v) is 7.58. The third-order valence-corrected chi connectivity index (χ3v) is 2.09. The molecule has 2 nitrogen and oxygen atoms in total. The minimum atomic E-state index is -0.220. The summed E-state index contributed by atoms with van der Waals surface area (Å²) >= 11 is 0. The first-order valence-electron chi connectivity index (χ1n) is 4.51. The molecule has 2 atom stereocenters. The lowest BCUT2D eigenvalue weighted by atomic mass is 9.97. The van der Waals surface area contributed by atoms with Crippen LogP contribution in [0.1, 0.15) is 39.5 Å². The zero-order chi connectivity index (χ0) is 8.69. The lowest BCUT2D eigenvalue weighted by Gasteiger charge is -2.16. The van der Waals surface area contributed by atoms with Gasteiger partial charge in [0.2, 0.25) is 0 Å². The molecule has 0 amide bonds. The van der Waals surface area contributed by atoms with Crippen molar-refractivity contribution < 1.29 is 10.2 Å². The van der Waals surface area contributed by atoms with E-state index in [2.05, 4.69) is 6.92 Å². The molecule has 0 aromatic heterocycles. The molecule has 0 spiro atoms. The minimum Gasteiger partial charge on any atom is -0.396 e. The van der Waals surface area contributed by atoms with E-state index in [4.69, 9.17) is 5.11 Å². The Labute approximate surface area is 69.2 Å². The van der Waals surface area contributed by atoms with Gasteiger partial charge in [-0.15, -0.1) is 0 Å².